The molecule has 2 aromatic carbocycles. The van der Waals surface area contributed by atoms with E-state index < -0.39 is 0 Å². The first kappa shape index (κ1) is 13.9. The lowest BCUT2D eigenvalue weighted by Gasteiger charge is -2.09. The van der Waals surface area contributed by atoms with Crippen molar-refractivity contribution in [1.29, 1.82) is 0 Å². The van der Waals surface area contributed by atoms with Crippen LogP contribution < -0.4 is 11.1 Å². The lowest BCUT2D eigenvalue weighted by Crippen LogP contribution is -2.13. The SMILES string of the molecule is Cc1cc(Br)ccc1C(=O)Nc1ccc(Cl)c(N)c1. The van der Waals surface area contributed by atoms with Crippen LogP contribution in [-0.2, 0) is 0 Å². The fourth-order valence-corrected chi connectivity index (χ4v) is 2.29. The maximum atomic E-state index is 12.1. The highest BCUT2D eigenvalue weighted by atomic mass is 79.9. The summed E-state index contributed by atoms with van der Waals surface area (Å²) in [5, 5.41) is 3.26. The molecule has 0 aliphatic rings. The largest absolute Gasteiger partial charge is 0.397 e. The van der Waals surface area contributed by atoms with Crippen LogP contribution in [0.3, 0.4) is 0 Å². The number of aryl methyl sites for hydroxylation is 1. The predicted molar refractivity (Wildman–Crippen MR) is 82.7 cm³/mol. The first-order valence-electron chi connectivity index (χ1n) is 5.60. The Labute approximate surface area is 124 Å². The number of nitrogen functional groups attached to an aromatic ring is 1. The van der Waals surface area contributed by atoms with Crippen molar-refractivity contribution in [2.45, 2.75) is 6.92 Å². The highest BCUT2D eigenvalue weighted by molar-refractivity contribution is 9.10. The van der Waals surface area contributed by atoms with E-state index >= 15 is 0 Å². The molecule has 3 nitrogen and oxygen atoms in total. The van der Waals surface area contributed by atoms with Crippen molar-refractivity contribution >= 4 is 44.8 Å². The number of rotatable bonds is 2. The lowest BCUT2D eigenvalue weighted by atomic mass is 10.1. The molecule has 19 heavy (non-hydrogen) atoms. The normalized spacial score (nSPS) is 10.3. The average molecular weight is 340 g/mol. The van der Waals surface area contributed by atoms with E-state index in [1.54, 1.807) is 24.3 Å². The molecule has 0 radical (unpaired) electrons. The summed E-state index contributed by atoms with van der Waals surface area (Å²) in [6, 6.07) is 10.5. The highest BCUT2D eigenvalue weighted by Gasteiger charge is 2.10. The van der Waals surface area contributed by atoms with Crippen LogP contribution in [0.4, 0.5) is 11.4 Å². The minimum absolute atomic E-state index is 0.174. The summed E-state index contributed by atoms with van der Waals surface area (Å²) in [4.78, 5) is 12.1. The summed E-state index contributed by atoms with van der Waals surface area (Å²) in [5.41, 5.74) is 8.27. The molecule has 0 aromatic heterocycles. The van der Waals surface area contributed by atoms with Crippen LogP contribution in [0.2, 0.25) is 5.02 Å². The molecular weight excluding hydrogens is 328 g/mol. The van der Waals surface area contributed by atoms with E-state index in [9.17, 15) is 4.79 Å². The van der Waals surface area contributed by atoms with E-state index in [1.165, 1.54) is 0 Å². The number of carbonyl (C=O) groups excluding carboxylic acids is 1. The standard InChI is InChI=1S/C14H12BrClN2O/c1-8-6-9(15)2-4-11(8)14(19)18-10-3-5-12(16)13(17)7-10/h2-7H,17H2,1H3,(H,18,19). The zero-order valence-electron chi connectivity index (χ0n) is 10.2. The molecule has 0 atom stereocenters. The van der Waals surface area contributed by atoms with Gasteiger partial charge in [-0.2, -0.15) is 0 Å². The molecule has 98 valence electrons. The van der Waals surface area contributed by atoms with Gasteiger partial charge in [-0.3, -0.25) is 4.79 Å². The van der Waals surface area contributed by atoms with Crippen LogP contribution in [-0.4, -0.2) is 5.91 Å². The second-order valence-corrected chi connectivity index (χ2v) is 5.47. The van der Waals surface area contributed by atoms with E-state index in [1.807, 2.05) is 19.1 Å². The number of hydrogen-bond donors (Lipinski definition) is 2. The molecule has 0 aliphatic carbocycles. The van der Waals surface area contributed by atoms with Gasteiger partial charge in [0.15, 0.2) is 0 Å². The minimum Gasteiger partial charge on any atom is -0.397 e. The zero-order valence-corrected chi connectivity index (χ0v) is 12.5. The first-order valence-corrected chi connectivity index (χ1v) is 6.77. The fraction of sp³-hybridized carbons (Fsp3) is 0.0714. The van der Waals surface area contributed by atoms with Gasteiger partial charge in [-0.15, -0.1) is 0 Å². The van der Waals surface area contributed by atoms with Crippen molar-refractivity contribution in [1.82, 2.24) is 0 Å². The molecular formula is C14H12BrClN2O. The van der Waals surface area contributed by atoms with Crippen molar-refractivity contribution in [3.8, 4) is 0 Å². The van der Waals surface area contributed by atoms with E-state index in [2.05, 4.69) is 21.2 Å². The smallest absolute Gasteiger partial charge is 0.255 e. The third-order valence-corrected chi connectivity index (χ3v) is 3.52. The monoisotopic (exact) mass is 338 g/mol. The third kappa shape index (κ3) is 3.28. The molecule has 2 aromatic rings. The fourth-order valence-electron chi connectivity index (χ4n) is 1.70. The first-order chi connectivity index (χ1) is 8.97. The van der Waals surface area contributed by atoms with Gasteiger partial charge in [0.2, 0.25) is 0 Å². The molecule has 0 fully saturated rings. The Bertz CT molecular complexity index is 643. The molecule has 0 saturated carbocycles. The van der Waals surface area contributed by atoms with Crippen molar-refractivity contribution in [3.05, 3.63) is 57.0 Å². The van der Waals surface area contributed by atoms with Gasteiger partial charge in [0, 0.05) is 15.7 Å². The Morgan fingerprint density at radius 1 is 1.26 bits per heavy atom. The lowest BCUT2D eigenvalue weighted by molar-refractivity contribution is 0.102. The van der Waals surface area contributed by atoms with Gasteiger partial charge >= 0.3 is 0 Å². The van der Waals surface area contributed by atoms with E-state index in [0.717, 1.165) is 10.0 Å². The van der Waals surface area contributed by atoms with Gasteiger partial charge in [-0.1, -0.05) is 27.5 Å². The number of halogens is 2. The molecule has 0 aliphatic heterocycles. The summed E-state index contributed by atoms with van der Waals surface area (Å²) >= 11 is 9.20. The number of anilines is 2. The van der Waals surface area contributed by atoms with Crippen molar-refractivity contribution in [3.63, 3.8) is 0 Å². The number of nitrogens with one attached hydrogen (secondary N) is 1. The van der Waals surface area contributed by atoms with Crippen LogP contribution in [0.15, 0.2) is 40.9 Å². The highest BCUT2D eigenvalue weighted by Crippen LogP contribution is 2.23. The number of hydrogen-bond acceptors (Lipinski definition) is 2. The summed E-state index contributed by atoms with van der Waals surface area (Å²) in [7, 11) is 0. The third-order valence-electron chi connectivity index (χ3n) is 2.69. The van der Waals surface area contributed by atoms with E-state index in [0.29, 0.717) is 22.0 Å². The maximum absolute atomic E-state index is 12.1. The Balaban J connectivity index is 2.23. The number of carbonyl (C=O) groups is 1. The van der Waals surface area contributed by atoms with Gasteiger partial charge in [0.05, 0.1) is 10.7 Å². The summed E-state index contributed by atoms with van der Waals surface area (Å²) < 4.78 is 0.942. The van der Waals surface area contributed by atoms with Crippen molar-refractivity contribution in [2.75, 3.05) is 11.1 Å². The number of benzene rings is 2. The van der Waals surface area contributed by atoms with Crippen LogP contribution in [0.1, 0.15) is 15.9 Å². The Kier molecular flexibility index (Phi) is 4.12. The Morgan fingerprint density at radius 2 is 2.00 bits per heavy atom. The van der Waals surface area contributed by atoms with Crippen LogP contribution in [0.5, 0.6) is 0 Å². The van der Waals surface area contributed by atoms with Crippen LogP contribution in [0.25, 0.3) is 0 Å². The van der Waals surface area contributed by atoms with Gasteiger partial charge in [-0.05, 0) is 48.9 Å². The van der Waals surface area contributed by atoms with Crippen molar-refractivity contribution < 1.29 is 4.79 Å². The predicted octanol–water partition coefficient (Wildman–Crippen LogP) is 4.25. The second kappa shape index (κ2) is 5.63. The molecule has 1 amide bonds. The number of nitrogens with two attached hydrogens (primary N) is 1. The molecule has 0 spiro atoms. The molecule has 3 N–H and O–H groups in total. The molecule has 0 unspecified atom stereocenters. The molecule has 0 heterocycles. The van der Waals surface area contributed by atoms with Gasteiger partial charge in [-0.25, -0.2) is 0 Å². The molecule has 0 bridgehead atoms. The molecule has 5 heteroatoms. The maximum Gasteiger partial charge on any atom is 0.255 e. The van der Waals surface area contributed by atoms with Crippen molar-refractivity contribution in [2.24, 2.45) is 0 Å². The van der Waals surface area contributed by atoms with Gasteiger partial charge < -0.3 is 11.1 Å². The van der Waals surface area contributed by atoms with Gasteiger partial charge in [0.25, 0.3) is 5.91 Å². The van der Waals surface area contributed by atoms with E-state index in [-0.39, 0.29) is 5.91 Å². The molecule has 0 saturated heterocycles. The topological polar surface area (TPSA) is 55.1 Å². The quantitative estimate of drug-likeness (QED) is 0.804. The summed E-state index contributed by atoms with van der Waals surface area (Å²) in [5.74, 6) is -0.174. The number of amides is 1. The van der Waals surface area contributed by atoms with E-state index in [4.69, 9.17) is 17.3 Å². The van der Waals surface area contributed by atoms with Crippen LogP contribution >= 0.6 is 27.5 Å². The second-order valence-electron chi connectivity index (χ2n) is 4.15. The average Bonchev–Trinajstić information content (AvgIpc) is 2.33. The van der Waals surface area contributed by atoms with Gasteiger partial charge in [0.1, 0.15) is 0 Å². The summed E-state index contributed by atoms with van der Waals surface area (Å²) in [6.07, 6.45) is 0. The Morgan fingerprint density at radius 3 is 2.63 bits per heavy atom. The molecule has 2 rings (SSSR count). The Hall–Kier alpha value is -1.52. The summed E-state index contributed by atoms with van der Waals surface area (Å²) in [6.45, 7) is 1.88. The van der Waals surface area contributed by atoms with Crippen LogP contribution in [0, 0.1) is 6.92 Å². The minimum atomic E-state index is -0.174. The zero-order chi connectivity index (χ0) is 14.0.